The standard InChI is InChI=1S/C11H21N3O/c1-8(2)11(9-3-4-9)7-13-5-6-14(11)10(12)15/h8-9,13H,3-7H2,1-2H3,(H2,12,15). The third-order valence-corrected chi connectivity index (χ3v) is 3.97. The fraction of sp³-hybridized carbons (Fsp3) is 0.909. The van der Waals surface area contributed by atoms with Gasteiger partial charge in [0.25, 0.3) is 0 Å². The number of hydrogen-bond donors (Lipinski definition) is 2. The minimum atomic E-state index is -0.253. The molecule has 1 atom stereocenters. The topological polar surface area (TPSA) is 58.4 Å². The van der Waals surface area contributed by atoms with Crippen LogP contribution in [-0.2, 0) is 0 Å². The Morgan fingerprint density at radius 1 is 1.53 bits per heavy atom. The first-order valence-electron chi connectivity index (χ1n) is 5.87. The maximum Gasteiger partial charge on any atom is 0.315 e. The smallest absolute Gasteiger partial charge is 0.315 e. The van der Waals surface area contributed by atoms with Gasteiger partial charge in [-0.2, -0.15) is 0 Å². The third-order valence-electron chi connectivity index (χ3n) is 3.97. The lowest BCUT2D eigenvalue weighted by Crippen LogP contribution is -2.67. The second-order valence-electron chi connectivity index (χ2n) is 5.09. The molecule has 0 spiro atoms. The van der Waals surface area contributed by atoms with Crippen LogP contribution in [0, 0.1) is 11.8 Å². The highest BCUT2D eigenvalue weighted by molar-refractivity contribution is 5.73. The summed E-state index contributed by atoms with van der Waals surface area (Å²) in [5, 5.41) is 3.41. The molecule has 2 aliphatic rings. The van der Waals surface area contributed by atoms with Gasteiger partial charge in [-0.1, -0.05) is 13.8 Å². The molecule has 1 aliphatic heterocycles. The summed E-state index contributed by atoms with van der Waals surface area (Å²) in [6, 6.07) is -0.253. The van der Waals surface area contributed by atoms with Crippen molar-refractivity contribution in [3.8, 4) is 0 Å². The summed E-state index contributed by atoms with van der Waals surface area (Å²) < 4.78 is 0. The predicted octanol–water partition coefficient (Wildman–Crippen LogP) is 0.775. The number of carbonyl (C=O) groups is 1. The van der Waals surface area contributed by atoms with E-state index in [-0.39, 0.29) is 11.6 Å². The van der Waals surface area contributed by atoms with E-state index in [4.69, 9.17) is 5.73 Å². The molecule has 0 aromatic rings. The third kappa shape index (κ3) is 1.61. The van der Waals surface area contributed by atoms with Crippen molar-refractivity contribution in [1.82, 2.24) is 10.2 Å². The van der Waals surface area contributed by atoms with Crippen molar-refractivity contribution >= 4 is 6.03 Å². The number of amides is 2. The van der Waals surface area contributed by atoms with Crippen LogP contribution in [0.25, 0.3) is 0 Å². The Hall–Kier alpha value is -0.770. The summed E-state index contributed by atoms with van der Waals surface area (Å²) >= 11 is 0. The molecule has 3 N–H and O–H groups in total. The van der Waals surface area contributed by atoms with Crippen molar-refractivity contribution < 1.29 is 4.79 Å². The summed E-state index contributed by atoms with van der Waals surface area (Å²) in [5.74, 6) is 1.11. The SMILES string of the molecule is CC(C)C1(C2CC2)CNCCN1C(N)=O. The Labute approximate surface area is 91.2 Å². The number of nitrogens with zero attached hydrogens (tertiary/aromatic N) is 1. The predicted molar refractivity (Wildman–Crippen MR) is 59.5 cm³/mol. The van der Waals surface area contributed by atoms with E-state index in [0.29, 0.717) is 11.8 Å². The van der Waals surface area contributed by atoms with Gasteiger partial charge in [-0.3, -0.25) is 0 Å². The van der Waals surface area contributed by atoms with Crippen molar-refractivity contribution in [1.29, 1.82) is 0 Å². The molecule has 4 heteroatoms. The maximum absolute atomic E-state index is 11.5. The van der Waals surface area contributed by atoms with Crippen molar-refractivity contribution in [3.63, 3.8) is 0 Å². The highest BCUT2D eigenvalue weighted by atomic mass is 16.2. The lowest BCUT2D eigenvalue weighted by molar-refractivity contribution is 0.0368. The first-order valence-corrected chi connectivity index (χ1v) is 5.87. The Morgan fingerprint density at radius 3 is 2.67 bits per heavy atom. The van der Waals surface area contributed by atoms with Gasteiger partial charge in [0.05, 0.1) is 5.54 Å². The van der Waals surface area contributed by atoms with Crippen LogP contribution < -0.4 is 11.1 Å². The number of piperazine rings is 1. The largest absolute Gasteiger partial charge is 0.351 e. The summed E-state index contributed by atoms with van der Waals surface area (Å²) in [5.41, 5.74) is 5.48. The number of carbonyl (C=O) groups excluding carboxylic acids is 1. The van der Waals surface area contributed by atoms with Gasteiger partial charge in [0, 0.05) is 19.6 Å². The normalized spacial score (nSPS) is 32.1. The summed E-state index contributed by atoms with van der Waals surface area (Å²) in [4.78, 5) is 13.4. The van der Waals surface area contributed by atoms with Crippen molar-refractivity contribution in [3.05, 3.63) is 0 Å². The lowest BCUT2D eigenvalue weighted by atomic mass is 9.78. The average molecular weight is 211 g/mol. The lowest BCUT2D eigenvalue weighted by Gasteiger charge is -2.50. The van der Waals surface area contributed by atoms with Gasteiger partial charge >= 0.3 is 6.03 Å². The van der Waals surface area contributed by atoms with Crippen LogP contribution in [-0.4, -0.2) is 36.1 Å². The molecule has 86 valence electrons. The monoisotopic (exact) mass is 211 g/mol. The molecule has 0 aromatic heterocycles. The van der Waals surface area contributed by atoms with Crippen molar-refractivity contribution in [2.24, 2.45) is 17.6 Å². The molecule has 1 saturated carbocycles. The molecule has 1 saturated heterocycles. The first kappa shape index (κ1) is 10.7. The molecule has 2 rings (SSSR count). The van der Waals surface area contributed by atoms with E-state index < -0.39 is 0 Å². The van der Waals surface area contributed by atoms with Gasteiger partial charge in [-0.05, 0) is 24.7 Å². The highest BCUT2D eigenvalue weighted by Gasteiger charge is 2.53. The summed E-state index contributed by atoms with van der Waals surface area (Å²) in [6.07, 6.45) is 2.48. The van der Waals surface area contributed by atoms with E-state index >= 15 is 0 Å². The second kappa shape index (κ2) is 3.67. The molecular weight excluding hydrogens is 190 g/mol. The van der Waals surface area contributed by atoms with Crippen molar-refractivity contribution in [2.75, 3.05) is 19.6 Å². The molecule has 2 fully saturated rings. The van der Waals surface area contributed by atoms with Crippen molar-refractivity contribution in [2.45, 2.75) is 32.2 Å². The van der Waals surface area contributed by atoms with E-state index in [2.05, 4.69) is 19.2 Å². The fourth-order valence-electron chi connectivity index (χ4n) is 3.03. The van der Waals surface area contributed by atoms with E-state index in [1.165, 1.54) is 12.8 Å². The first-order chi connectivity index (χ1) is 7.09. The quantitative estimate of drug-likeness (QED) is 0.709. The number of primary amides is 1. The van der Waals surface area contributed by atoms with Crippen LogP contribution in [0.3, 0.4) is 0 Å². The zero-order valence-corrected chi connectivity index (χ0v) is 9.62. The number of nitrogens with two attached hydrogens (primary N) is 1. The van der Waals surface area contributed by atoms with Gasteiger partial charge in [0.2, 0.25) is 0 Å². The average Bonchev–Trinajstić information content (AvgIpc) is 3.00. The Bertz CT molecular complexity index is 259. The van der Waals surface area contributed by atoms with Gasteiger partial charge in [-0.25, -0.2) is 4.79 Å². The molecule has 4 nitrogen and oxygen atoms in total. The molecule has 1 heterocycles. The number of rotatable bonds is 2. The van der Waals surface area contributed by atoms with E-state index in [1.807, 2.05) is 4.90 Å². The van der Waals surface area contributed by atoms with Crippen LogP contribution in [0.4, 0.5) is 4.79 Å². The number of nitrogens with one attached hydrogen (secondary N) is 1. The van der Waals surface area contributed by atoms with Crippen LogP contribution in [0.2, 0.25) is 0 Å². The minimum Gasteiger partial charge on any atom is -0.351 e. The van der Waals surface area contributed by atoms with Gasteiger partial charge in [0.15, 0.2) is 0 Å². The van der Waals surface area contributed by atoms with Crippen LogP contribution in [0.5, 0.6) is 0 Å². The van der Waals surface area contributed by atoms with E-state index in [9.17, 15) is 4.79 Å². The molecule has 1 unspecified atom stereocenters. The minimum absolute atomic E-state index is 0.0237. The van der Waals surface area contributed by atoms with Crippen LogP contribution in [0.15, 0.2) is 0 Å². The molecule has 1 aliphatic carbocycles. The molecule has 0 bridgehead atoms. The van der Waals surface area contributed by atoms with Gasteiger partial charge < -0.3 is 16.0 Å². The Morgan fingerprint density at radius 2 is 2.20 bits per heavy atom. The maximum atomic E-state index is 11.5. The molecule has 15 heavy (non-hydrogen) atoms. The number of urea groups is 1. The molecule has 2 amide bonds. The number of hydrogen-bond acceptors (Lipinski definition) is 2. The van der Waals surface area contributed by atoms with Crippen LogP contribution >= 0.6 is 0 Å². The highest BCUT2D eigenvalue weighted by Crippen LogP contribution is 2.47. The van der Waals surface area contributed by atoms with Crippen LogP contribution in [0.1, 0.15) is 26.7 Å². The Balaban J connectivity index is 2.28. The summed E-state index contributed by atoms with van der Waals surface area (Å²) in [6.45, 7) is 6.91. The fourth-order valence-corrected chi connectivity index (χ4v) is 3.03. The molecule has 0 aromatic carbocycles. The van der Waals surface area contributed by atoms with Gasteiger partial charge in [-0.15, -0.1) is 0 Å². The molecule has 0 radical (unpaired) electrons. The zero-order valence-electron chi connectivity index (χ0n) is 9.62. The molecular formula is C11H21N3O. The van der Waals surface area contributed by atoms with Gasteiger partial charge in [0.1, 0.15) is 0 Å². The van der Waals surface area contributed by atoms with E-state index in [0.717, 1.165) is 19.6 Å². The second-order valence-corrected chi connectivity index (χ2v) is 5.09. The summed E-state index contributed by atoms with van der Waals surface area (Å²) in [7, 11) is 0. The Kier molecular flexibility index (Phi) is 2.63. The van der Waals surface area contributed by atoms with E-state index in [1.54, 1.807) is 0 Å². The zero-order chi connectivity index (χ0) is 11.1.